The number of benzene rings is 2. The minimum absolute atomic E-state index is 0.599. The minimum Gasteiger partial charge on any atom is -0.375 e. The highest BCUT2D eigenvalue weighted by molar-refractivity contribution is 6.34. The van der Waals surface area contributed by atoms with Gasteiger partial charge in [-0.2, -0.15) is 0 Å². The molecule has 6 heteroatoms. The quantitative estimate of drug-likeness (QED) is 0.618. The Balaban J connectivity index is 1.50. The lowest BCUT2D eigenvalue weighted by molar-refractivity contribution is 0.0380. The highest BCUT2D eigenvalue weighted by Crippen LogP contribution is 2.46. The largest absolute Gasteiger partial charge is 0.375 e. The number of aromatic nitrogens is 2. The van der Waals surface area contributed by atoms with Gasteiger partial charge in [-0.05, 0) is 48.1 Å². The number of anilines is 1. The molecule has 30 heavy (non-hydrogen) atoms. The van der Waals surface area contributed by atoms with Crippen LogP contribution in [0, 0.1) is 0 Å². The highest BCUT2D eigenvalue weighted by Gasteiger charge is 2.27. The van der Waals surface area contributed by atoms with E-state index in [4.69, 9.17) is 11.6 Å². The van der Waals surface area contributed by atoms with Crippen LogP contribution in [0.25, 0.3) is 22.0 Å². The number of rotatable bonds is 5. The summed E-state index contributed by atoms with van der Waals surface area (Å²) >= 11 is 6.80. The number of nitrogens with zero attached hydrogens (tertiary/aromatic N) is 4. The Labute approximate surface area is 181 Å². The molecule has 0 amide bonds. The summed E-state index contributed by atoms with van der Waals surface area (Å²) in [6, 6.07) is 12.7. The fourth-order valence-electron chi connectivity index (χ4n) is 4.36. The van der Waals surface area contributed by atoms with Crippen molar-refractivity contribution < 1.29 is 5.11 Å². The number of fused-ring (bicyclic) bond motifs is 1. The van der Waals surface area contributed by atoms with Gasteiger partial charge in [0.15, 0.2) is 0 Å². The standard InChI is InChI=1S/C24H25ClN4O/c1-2-23(30)28-9-11-29(12-10-28)24-20-13-21(25)19(14-22(20)26-15-27-24)18-6-4-3-5-17(18)16-7-8-16/h2-6,13-16,23,30H,1,7-12H2. The molecule has 2 aliphatic rings. The second kappa shape index (κ2) is 7.99. The molecule has 1 saturated carbocycles. The van der Waals surface area contributed by atoms with Gasteiger partial charge in [-0.3, -0.25) is 4.90 Å². The Kier molecular flexibility index (Phi) is 5.19. The minimum atomic E-state index is -0.599. The van der Waals surface area contributed by atoms with E-state index in [1.165, 1.54) is 24.0 Å². The number of hydrogen-bond acceptors (Lipinski definition) is 5. The zero-order valence-electron chi connectivity index (χ0n) is 16.8. The molecule has 1 aromatic heterocycles. The Morgan fingerprint density at radius 3 is 2.57 bits per heavy atom. The van der Waals surface area contributed by atoms with Gasteiger partial charge in [0.2, 0.25) is 0 Å². The van der Waals surface area contributed by atoms with Crippen molar-refractivity contribution >= 4 is 28.3 Å². The van der Waals surface area contributed by atoms with E-state index in [0.717, 1.165) is 53.5 Å². The van der Waals surface area contributed by atoms with Crippen molar-refractivity contribution in [2.24, 2.45) is 0 Å². The zero-order chi connectivity index (χ0) is 20.7. The summed E-state index contributed by atoms with van der Waals surface area (Å²) in [7, 11) is 0. The fourth-order valence-corrected chi connectivity index (χ4v) is 4.63. The van der Waals surface area contributed by atoms with Crippen molar-refractivity contribution in [2.75, 3.05) is 31.1 Å². The molecule has 2 heterocycles. The van der Waals surface area contributed by atoms with Gasteiger partial charge in [0, 0.05) is 42.2 Å². The van der Waals surface area contributed by atoms with Crippen LogP contribution in [0.4, 0.5) is 5.82 Å². The molecular formula is C24H25ClN4O. The molecule has 5 nitrogen and oxygen atoms in total. The summed E-state index contributed by atoms with van der Waals surface area (Å²) in [5, 5.41) is 11.7. The highest BCUT2D eigenvalue weighted by atomic mass is 35.5. The van der Waals surface area contributed by atoms with Gasteiger partial charge in [-0.1, -0.05) is 42.4 Å². The molecule has 2 aromatic carbocycles. The number of hydrogen-bond donors (Lipinski definition) is 1. The Morgan fingerprint density at radius 2 is 1.83 bits per heavy atom. The molecule has 1 unspecified atom stereocenters. The monoisotopic (exact) mass is 420 g/mol. The van der Waals surface area contributed by atoms with Gasteiger partial charge in [-0.15, -0.1) is 0 Å². The topological polar surface area (TPSA) is 52.5 Å². The van der Waals surface area contributed by atoms with Crippen LogP contribution in [-0.2, 0) is 0 Å². The number of piperazine rings is 1. The van der Waals surface area contributed by atoms with Crippen LogP contribution in [0.1, 0.15) is 24.3 Å². The van der Waals surface area contributed by atoms with Crippen molar-refractivity contribution in [3.05, 3.63) is 66.0 Å². The summed E-state index contributed by atoms with van der Waals surface area (Å²) in [6.07, 6.45) is 5.10. The van der Waals surface area contributed by atoms with Crippen LogP contribution in [-0.4, -0.2) is 52.4 Å². The van der Waals surface area contributed by atoms with E-state index < -0.39 is 6.23 Å². The van der Waals surface area contributed by atoms with Crippen molar-refractivity contribution in [3.63, 3.8) is 0 Å². The van der Waals surface area contributed by atoms with E-state index in [-0.39, 0.29) is 0 Å². The molecule has 1 aliphatic carbocycles. The third kappa shape index (κ3) is 3.58. The molecule has 0 radical (unpaired) electrons. The normalized spacial score (nSPS) is 18.5. The first kappa shape index (κ1) is 19.5. The average Bonchev–Trinajstić information content (AvgIpc) is 3.63. The van der Waals surface area contributed by atoms with Crippen LogP contribution in [0.5, 0.6) is 0 Å². The first-order chi connectivity index (χ1) is 14.7. The Bertz CT molecular complexity index is 1090. The van der Waals surface area contributed by atoms with Crippen molar-refractivity contribution in [3.8, 4) is 11.1 Å². The predicted molar refractivity (Wildman–Crippen MR) is 122 cm³/mol. The average molecular weight is 421 g/mol. The lowest BCUT2D eigenvalue weighted by Crippen LogP contribution is -2.50. The fraction of sp³-hybridized carbons (Fsp3) is 0.333. The predicted octanol–water partition coefficient (Wildman–Crippen LogP) is 4.45. The van der Waals surface area contributed by atoms with Gasteiger partial charge in [-0.25, -0.2) is 9.97 Å². The molecule has 1 atom stereocenters. The first-order valence-electron chi connectivity index (χ1n) is 10.5. The van der Waals surface area contributed by atoms with Crippen LogP contribution < -0.4 is 4.90 Å². The molecule has 1 aliphatic heterocycles. The second-order valence-electron chi connectivity index (χ2n) is 8.08. The Hall–Kier alpha value is -2.47. The van der Waals surface area contributed by atoms with Crippen LogP contribution >= 0.6 is 11.6 Å². The van der Waals surface area contributed by atoms with Crippen molar-refractivity contribution in [1.29, 1.82) is 0 Å². The maximum Gasteiger partial charge on any atom is 0.140 e. The molecule has 3 aromatic rings. The van der Waals surface area contributed by atoms with Gasteiger partial charge >= 0.3 is 0 Å². The molecule has 1 saturated heterocycles. The molecule has 2 fully saturated rings. The van der Waals surface area contributed by atoms with E-state index in [0.29, 0.717) is 5.92 Å². The van der Waals surface area contributed by atoms with Crippen LogP contribution in [0.3, 0.4) is 0 Å². The SMILES string of the molecule is C=CC(O)N1CCN(c2ncnc3cc(-c4ccccc4C4CC4)c(Cl)cc23)CC1. The lowest BCUT2D eigenvalue weighted by atomic mass is 9.96. The zero-order valence-corrected chi connectivity index (χ0v) is 17.6. The summed E-state index contributed by atoms with van der Waals surface area (Å²) in [6.45, 7) is 6.73. The van der Waals surface area contributed by atoms with Crippen molar-refractivity contribution in [1.82, 2.24) is 14.9 Å². The molecule has 5 rings (SSSR count). The van der Waals surface area contributed by atoms with E-state index in [2.05, 4.69) is 51.8 Å². The van der Waals surface area contributed by atoms with E-state index >= 15 is 0 Å². The first-order valence-corrected chi connectivity index (χ1v) is 10.9. The van der Waals surface area contributed by atoms with Crippen LogP contribution in [0.2, 0.25) is 5.02 Å². The summed E-state index contributed by atoms with van der Waals surface area (Å²) in [5.41, 5.74) is 4.53. The smallest absolute Gasteiger partial charge is 0.140 e. The van der Waals surface area contributed by atoms with E-state index in [9.17, 15) is 5.11 Å². The number of aliphatic hydroxyl groups is 1. The second-order valence-corrected chi connectivity index (χ2v) is 8.49. The Morgan fingerprint density at radius 1 is 1.07 bits per heavy atom. The van der Waals surface area contributed by atoms with Crippen molar-refractivity contribution in [2.45, 2.75) is 25.0 Å². The third-order valence-corrected chi connectivity index (χ3v) is 6.48. The van der Waals surface area contributed by atoms with Gasteiger partial charge < -0.3 is 10.0 Å². The lowest BCUT2D eigenvalue weighted by Gasteiger charge is -2.37. The number of aliphatic hydroxyl groups excluding tert-OH is 1. The number of halogens is 1. The molecule has 0 bridgehead atoms. The van der Waals surface area contributed by atoms with Gasteiger partial charge in [0.05, 0.1) is 5.52 Å². The molecule has 154 valence electrons. The maximum absolute atomic E-state index is 10.00. The summed E-state index contributed by atoms with van der Waals surface area (Å²) in [5.74, 6) is 1.55. The summed E-state index contributed by atoms with van der Waals surface area (Å²) < 4.78 is 0. The molecule has 0 spiro atoms. The van der Waals surface area contributed by atoms with Gasteiger partial charge in [0.25, 0.3) is 0 Å². The third-order valence-electron chi connectivity index (χ3n) is 6.17. The van der Waals surface area contributed by atoms with E-state index in [1.54, 1.807) is 12.4 Å². The molecular weight excluding hydrogens is 396 g/mol. The van der Waals surface area contributed by atoms with Gasteiger partial charge in [0.1, 0.15) is 18.4 Å². The summed E-state index contributed by atoms with van der Waals surface area (Å²) in [4.78, 5) is 13.4. The van der Waals surface area contributed by atoms with Crippen LogP contribution in [0.15, 0.2) is 55.4 Å². The van der Waals surface area contributed by atoms with E-state index in [1.807, 2.05) is 11.0 Å². The molecule has 1 N–H and O–H groups in total. The maximum atomic E-state index is 10.00.